The van der Waals surface area contributed by atoms with Gasteiger partial charge >= 0.3 is 0 Å². The fourth-order valence-corrected chi connectivity index (χ4v) is 7.49. The van der Waals surface area contributed by atoms with Gasteiger partial charge in [-0.3, -0.25) is 0 Å². The summed E-state index contributed by atoms with van der Waals surface area (Å²) in [7, 11) is 0. The lowest BCUT2D eigenvalue weighted by atomic mass is 9.97. The van der Waals surface area contributed by atoms with Gasteiger partial charge in [0, 0.05) is 38.7 Å². The first-order valence-electron chi connectivity index (χ1n) is 16.2. The van der Waals surface area contributed by atoms with E-state index >= 15 is 0 Å². The lowest BCUT2D eigenvalue weighted by Crippen LogP contribution is -2.04. The van der Waals surface area contributed by atoms with Crippen molar-refractivity contribution in [3.8, 4) is 45.8 Å². The van der Waals surface area contributed by atoms with Crippen LogP contribution >= 0.6 is 0 Å². The second-order valence-electron chi connectivity index (χ2n) is 12.3. The van der Waals surface area contributed by atoms with Crippen molar-refractivity contribution in [3.05, 3.63) is 162 Å². The summed E-state index contributed by atoms with van der Waals surface area (Å²) in [5, 5.41) is 23.0. The van der Waals surface area contributed by atoms with Gasteiger partial charge in [0.05, 0.1) is 45.5 Å². The van der Waals surface area contributed by atoms with E-state index in [2.05, 4.69) is 124 Å². The maximum atomic E-state index is 10.1. The van der Waals surface area contributed by atoms with Crippen molar-refractivity contribution in [2.24, 2.45) is 0 Å². The SMILES string of the molecule is N#Cc1cc(-c2ccc(-c3ccccc3-n3c4c(c5ccccc53)C=CCC4)cc2)cc(-n2c3ccccc3c3cc(C#N)ccc32)c1. The number of para-hydroxylation sites is 3. The van der Waals surface area contributed by atoms with Crippen LogP contribution in [-0.2, 0) is 6.42 Å². The molecule has 0 atom stereocenters. The summed E-state index contributed by atoms with van der Waals surface area (Å²) in [5.74, 6) is 0. The van der Waals surface area contributed by atoms with Crippen LogP contribution < -0.4 is 0 Å². The minimum Gasteiger partial charge on any atom is -0.312 e. The number of hydrogen-bond acceptors (Lipinski definition) is 2. The highest BCUT2D eigenvalue weighted by Crippen LogP contribution is 2.39. The monoisotopic (exact) mass is 612 g/mol. The fraction of sp³-hybridized carbons (Fsp3) is 0.0455. The lowest BCUT2D eigenvalue weighted by Gasteiger charge is -2.17. The van der Waals surface area contributed by atoms with Crippen molar-refractivity contribution in [1.29, 1.82) is 10.5 Å². The summed E-state index contributed by atoms with van der Waals surface area (Å²) in [4.78, 5) is 0. The lowest BCUT2D eigenvalue weighted by molar-refractivity contribution is 0.889. The zero-order valence-corrected chi connectivity index (χ0v) is 26.1. The Morgan fingerprint density at radius 1 is 0.521 bits per heavy atom. The van der Waals surface area contributed by atoms with Gasteiger partial charge in [-0.1, -0.05) is 91.0 Å². The number of nitrogens with zero attached hydrogens (tertiary/aromatic N) is 4. The van der Waals surface area contributed by atoms with Gasteiger partial charge in [0.1, 0.15) is 0 Å². The molecule has 8 aromatic rings. The van der Waals surface area contributed by atoms with E-state index in [9.17, 15) is 10.5 Å². The predicted molar refractivity (Wildman–Crippen MR) is 195 cm³/mol. The van der Waals surface area contributed by atoms with Gasteiger partial charge in [0.15, 0.2) is 0 Å². The van der Waals surface area contributed by atoms with E-state index in [4.69, 9.17) is 0 Å². The molecular formula is C44H28N4. The van der Waals surface area contributed by atoms with E-state index < -0.39 is 0 Å². The summed E-state index contributed by atoms with van der Waals surface area (Å²) in [5.41, 5.74) is 13.6. The smallest absolute Gasteiger partial charge is 0.0992 e. The van der Waals surface area contributed by atoms with Gasteiger partial charge < -0.3 is 9.13 Å². The van der Waals surface area contributed by atoms with Crippen LogP contribution in [0.1, 0.15) is 28.8 Å². The molecule has 0 amide bonds. The molecule has 9 rings (SSSR count). The van der Waals surface area contributed by atoms with Crippen molar-refractivity contribution in [2.45, 2.75) is 12.8 Å². The first-order valence-corrected chi connectivity index (χ1v) is 16.2. The van der Waals surface area contributed by atoms with Crippen LogP contribution in [0.5, 0.6) is 0 Å². The van der Waals surface area contributed by atoms with E-state index in [0.29, 0.717) is 11.1 Å². The van der Waals surface area contributed by atoms with Crippen LogP contribution in [0.4, 0.5) is 0 Å². The molecule has 2 aromatic heterocycles. The molecule has 6 aromatic carbocycles. The largest absolute Gasteiger partial charge is 0.312 e. The third-order valence-electron chi connectivity index (χ3n) is 9.63. The zero-order valence-electron chi connectivity index (χ0n) is 26.1. The molecule has 4 heteroatoms. The Hall–Kier alpha value is -6.62. The number of nitriles is 2. The summed E-state index contributed by atoms with van der Waals surface area (Å²) in [6.07, 6.45) is 6.61. The molecule has 2 heterocycles. The standard InChI is InChI=1S/C44H28N4/c45-27-29-17-22-44-39(25-29)38-12-4-6-14-41(38)47(44)34-24-30(28-46)23-33(26-34)31-18-20-32(21-19-31)35-9-1-5-13-40(35)48-42-15-7-2-10-36(42)37-11-3-8-16-43(37)48/h1-7,9-15,17-26H,8,16H2. The number of benzene rings is 6. The third-order valence-corrected chi connectivity index (χ3v) is 9.63. The van der Waals surface area contributed by atoms with Gasteiger partial charge in [-0.25, -0.2) is 0 Å². The predicted octanol–water partition coefficient (Wildman–Crippen LogP) is 10.8. The third kappa shape index (κ3) is 4.28. The quantitative estimate of drug-likeness (QED) is 0.199. The summed E-state index contributed by atoms with van der Waals surface area (Å²) in [6.45, 7) is 0. The number of fused-ring (bicyclic) bond motifs is 6. The van der Waals surface area contributed by atoms with E-state index in [-0.39, 0.29) is 0 Å². The fourth-order valence-electron chi connectivity index (χ4n) is 7.49. The summed E-state index contributed by atoms with van der Waals surface area (Å²) < 4.78 is 4.64. The van der Waals surface area contributed by atoms with E-state index in [1.807, 2.05) is 42.5 Å². The van der Waals surface area contributed by atoms with Crippen LogP contribution in [0, 0.1) is 22.7 Å². The molecule has 48 heavy (non-hydrogen) atoms. The maximum absolute atomic E-state index is 10.1. The van der Waals surface area contributed by atoms with E-state index in [0.717, 1.165) is 57.0 Å². The van der Waals surface area contributed by atoms with Crippen molar-refractivity contribution in [2.75, 3.05) is 0 Å². The molecule has 224 valence electrons. The molecule has 0 radical (unpaired) electrons. The molecular weight excluding hydrogens is 585 g/mol. The molecule has 0 saturated heterocycles. The normalized spacial score (nSPS) is 12.3. The molecule has 0 N–H and O–H groups in total. The molecule has 1 aliphatic carbocycles. The Morgan fingerprint density at radius 3 is 2.02 bits per heavy atom. The summed E-state index contributed by atoms with van der Waals surface area (Å²) in [6, 6.07) is 50.8. The molecule has 0 spiro atoms. The first kappa shape index (κ1) is 27.7. The second-order valence-corrected chi connectivity index (χ2v) is 12.3. The highest BCUT2D eigenvalue weighted by Gasteiger charge is 2.20. The molecule has 0 aliphatic heterocycles. The topological polar surface area (TPSA) is 57.4 Å². The van der Waals surface area contributed by atoms with Crippen molar-refractivity contribution < 1.29 is 0 Å². The van der Waals surface area contributed by atoms with Crippen LogP contribution in [-0.4, -0.2) is 9.13 Å². The molecule has 0 fully saturated rings. The van der Waals surface area contributed by atoms with E-state index in [1.54, 1.807) is 0 Å². The summed E-state index contributed by atoms with van der Waals surface area (Å²) >= 11 is 0. The highest BCUT2D eigenvalue weighted by atomic mass is 15.0. The average Bonchev–Trinajstić information content (AvgIpc) is 3.67. The molecule has 0 saturated carbocycles. The number of rotatable bonds is 4. The Kier molecular flexibility index (Phi) is 6.35. The van der Waals surface area contributed by atoms with E-state index in [1.165, 1.54) is 33.4 Å². The first-order chi connectivity index (χ1) is 23.7. The minimum atomic E-state index is 0.592. The van der Waals surface area contributed by atoms with Crippen LogP contribution in [0.3, 0.4) is 0 Å². The van der Waals surface area contributed by atoms with Gasteiger partial charge in [0.25, 0.3) is 0 Å². The Morgan fingerprint density at radius 2 is 1.21 bits per heavy atom. The van der Waals surface area contributed by atoms with Crippen LogP contribution in [0.2, 0.25) is 0 Å². The minimum absolute atomic E-state index is 0.592. The number of hydrogen-bond donors (Lipinski definition) is 0. The average molecular weight is 613 g/mol. The van der Waals surface area contributed by atoms with Gasteiger partial charge in [-0.15, -0.1) is 0 Å². The van der Waals surface area contributed by atoms with Crippen molar-refractivity contribution in [1.82, 2.24) is 9.13 Å². The number of allylic oxidation sites excluding steroid dienone is 1. The molecule has 4 nitrogen and oxygen atoms in total. The molecule has 1 aliphatic rings. The van der Waals surface area contributed by atoms with Gasteiger partial charge in [0.2, 0.25) is 0 Å². The van der Waals surface area contributed by atoms with Crippen LogP contribution in [0.15, 0.2) is 140 Å². The Bertz CT molecular complexity index is 2690. The zero-order chi connectivity index (χ0) is 32.2. The van der Waals surface area contributed by atoms with Gasteiger partial charge in [-0.05, 0) is 84.1 Å². The maximum Gasteiger partial charge on any atom is 0.0992 e. The second kappa shape index (κ2) is 11.0. The van der Waals surface area contributed by atoms with Gasteiger partial charge in [-0.2, -0.15) is 10.5 Å². The molecule has 0 bridgehead atoms. The van der Waals surface area contributed by atoms with Crippen molar-refractivity contribution >= 4 is 38.8 Å². The van der Waals surface area contributed by atoms with Crippen LogP contribution in [0.25, 0.3) is 72.4 Å². The Balaban J connectivity index is 1.16. The highest BCUT2D eigenvalue weighted by molar-refractivity contribution is 6.09. The Labute approximate surface area is 278 Å². The van der Waals surface area contributed by atoms with Crippen molar-refractivity contribution in [3.63, 3.8) is 0 Å². The number of aromatic nitrogens is 2. The molecule has 0 unspecified atom stereocenters.